The van der Waals surface area contributed by atoms with Crippen LogP contribution in [-0.2, 0) is 0 Å². The maximum atomic E-state index is 12.5. The van der Waals surface area contributed by atoms with Crippen LogP contribution in [0, 0.1) is 10.1 Å². The highest BCUT2D eigenvalue weighted by molar-refractivity contribution is 5.78. The SMILES string of the molecule is O=C(Oc1ccc([N+](=O)[O-])cc1)N1CCC(c2cc3ccccc3[nH]c2=O)CC1. The Balaban J connectivity index is 1.40. The van der Waals surface area contributed by atoms with Gasteiger partial charge in [0.1, 0.15) is 5.75 Å². The van der Waals surface area contributed by atoms with E-state index in [2.05, 4.69) is 4.98 Å². The van der Waals surface area contributed by atoms with E-state index in [4.69, 9.17) is 4.74 Å². The summed E-state index contributed by atoms with van der Waals surface area (Å²) in [4.78, 5) is 39.5. The minimum Gasteiger partial charge on any atom is -0.410 e. The third-order valence-electron chi connectivity index (χ3n) is 5.23. The van der Waals surface area contributed by atoms with Crippen LogP contribution in [0.1, 0.15) is 24.3 Å². The van der Waals surface area contributed by atoms with E-state index in [0.717, 1.165) is 16.5 Å². The number of nitrogens with zero attached hydrogens (tertiary/aromatic N) is 2. The number of rotatable bonds is 3. The maximum Gasteiger partial charge on any atom is 0.415 e. The highest BCUT2D eigenvalue weighted by atomic mass is 16.6. The van der Waals surface area contributed by atoms with Gasteiger partial charge in [-0.3, -0.25) is 14.9 Å². The van der Waals surface area contributed by atoms with Crippen molar-refractivity contribution in [3.8, 4) is 5.75 Å². The Hall–Kier alpha value is -3.68. The second-order valence-electron chi connectivity index (χ2n) is 7.02. The second-order valence-corrected chi connectivity index (χ2v) is 7.02. The molecule has 1 aliphatic rings. The molecule has 29 heavy (non-hydrogen) atoms. The quantitative estimate of drug-likeness (QED) is 0.538. The van der Waals surface area contributed by atoms with E-state index in [-0.39, 0.29) is 22.9 Å². The Labute approximate surface area is 165 Å². The van der Waals surface area contributed by atoms with Crippen molar-refractivity contribution in [2.24, 2.45) is 0 Å². The molecule has 4 rings (SSSR count). The number of likely N-dealkylation sites (tertiary alicyclic amines) is 1. The molecule has 1 N–H and O–H groups in total. The molecular formula is C21H19N3O5. The number of ether oxygens (including phenoxy) is 1. The number of aromatic nitrogens is 1. The lowest BCUT2D eigenvalue weighted by Gasteiger charge is -2.31. The van der Waals surface area contributed by atoms with E-state index in [9.17, 15) is 19.7 Å². The molecule has 148 valence electrons. The van der Waals surface area contributed by atoms with Crippen LogP contribution < -0.4 is 10.3 Å². The fourth-order valence-electron chi connectivity index (χ4n) is 3.64. The third-order valence-corrected chi connectivity index (χ3v) is 5.23. The lowest BCUT2D eigenvalue weighted by molar-refractivity contribution is -0.384. The van der Waals surface area contributed by atoms with Gasteiger partial charge in [0.15, 0.2) is 0 Å². The number of nitro groups is 1. The second kappa shape index (κ2) is 7.75. The summed E-state index contributed by atoms with van der Waals surface area (Å²) in [6, 6.07) is 15.0. The topological polar surface area (TPSA) is 106 Å². The van der Waals surface area contributed by atoms with Crippen molar-refractivity contribution in [2.45, 2.75) is 18.8 Å². The number of hydrogen-bond acceptors (Lipinski definition) is 5. The molecule has 0 unspecified atom stereocenters. The number of non-ortho nitro benzene ring substituents is 1. The fraction of sp³-hybridized carbons (Fsp3) is 0.238. The van der Waals surface area contributed by atoms with Crippen molar-refractivity contribution in [3.63, 3.8) is 0 Å². The Kier molecular flexibility index (Phi) is 4.99. The van der Waals surface area contributed by atoms with Crippen molar-refractivity contribution in [1.82, 2.24) is 9.88 Å². The summed E-state index contributed by atoms with van der Waals surface area (Å²) in [6.07, 6.45) is 0.831. The molecule has 8 nitrogen and oxygen atoms in total. The molecule has 1 aliphatic heterocycles. The summed E-state index contributed by atoms with van der Waals surface area (Å²) in [5, 5.41) is 11.7. The number of piperidine rings is 1. The van der Waals surface area contributed by atoms with Crippen molar-refractivity contribution in [2.75, 3.05) is 13.1 Å². The van der Waals surface area contributed by atoms with E-state index in [1.807, 2.05) is 30.3 Å². The number of nitrogens with one attached hydrogen (secondary N) is 1. The van der Waals surface area contributed by atoms with E-state index in [0.29, 0.717) is 25.9 Å². The number of amides is 1. The molecular weight excluding hydrogens is 374 g/mol. The molecule has 2 heterocycles. The van der Waals surface area contributed by atoms with Gasteiger partial charge in [-0.2, -0.15) is 0 Å². The standard InChI is InChI=1S/C21H19N3O5/c25-20-18(13-15-3-1-2-4-19(15)22-20)14-9-11-23(12-10-14)21(26)29-17-7-5-16(6-8-17)24(27)28/h1-8,13-14H,9-12H2,(H,22,25). The van der Waals surface area contributed by atoms with E-state index >= 15 is 0 Å². The molecule has 2 aromatic carbocycles. The number of hydrogen-bond donors (Lipinski definition) is 1. The molecule has 0 spiro atoms. The smallest absolute Gasteiger partial charge is 0.410 e. The molecule has 1 saturated heterocycles. The number of pyridine rings is 1. The molecule has 1 fully saturated rings. The van der Waals surface area contributed by atoms with Crippen LogP contribution in [0.15, 0.2) is 59.4 Å². The zero-order valence-electron chi connectivity index (χ0n) is 15.5. The molecule has 1 aromatic heterocycles. The van der Waals surface area contributed by atoms with Crippen molar-refractivity contribution >= 4 is 22.7 Å². The zero-order chi connectivity index (χ0) is 20.4. The number of para-hydroxylation sites is 1. The highest BCUT2D eigenvalue weighted by Gasteiger charge is 2.26. The fourth-order valence-corrected chi connectivity index (χ4v) is 3.64. The van der Waals surface area contributed by atoms with Crippen LogP contribution in [0.3, 0.4) is 0 Å². The van der Waals surface area contributed by atoms with Crippen molar-refractivity contribution in [3.05, 3.63) is 80.6 Å². The lowest BCUT2D eigenvalue weighted by Crippen LogP contribution is -2.40. The number of carbonyl (C=O) groups excluding carboxylic acids is 1. The Morgan fingerprint density at radius 2 is 1.79 bits per heavy atom. The van der Waals surface area contributed by atoms with Gasteiger partial charge in [0, 0.05) is 36.3 Å². The van der Waals surface area contributed by atoms with Gasteiger partial charge >= 0.3 is 6.09 Å². The first-order valence-corrected chi connectivity index (χ1v) is 9.34. The van der Waals surface area contributed by atoms with Gasteiger partial charge in [-0.05, 0) is 48.4 Å². The van der Waals surface area contributed by atoms with E-state index in [1.54, 1.807) is 4.90 Å². The highest BCUT2D eigenvalue weighted by Crippen LogP contribution is 2.28. The molecule has 0 saturated carbocycles. The molecule has 8 heteroatoms. The largest absolute Gasteiger partial charge is 0.415 e. The van der Waals surface area contributed by atoms with Crippen LogP contribution in [0.25, 0.3) is 10.9 Å². The molecule has 1 amide bonds. The van der Waals surface area contributed by atoms with Gasteiger partial charge in [0.25, 0.3) is 11.2 Å². The zero-order valence-corrected chi connectivity index (χ0v) is 15.5. The third kappa shape index (κ3) is 3.96. The van der Waals surface area contributed by atoms with Gasteiger partial charge in [0.05, 0.1) is 4.92 Å². The predicted octanol–water partition coefficient (Wildman–Crippen LogP) is 3.81. The van der Waals surface area contributed by atoms with Crippen LogP contribution in [0.5, 0.6) is 5.75 Å². The number of fused-ring (bicyclic) bond motifs is 1. The van der Waals surface area contributed by atoms with Gasteiger partial charge in [-0.25, -0.2) is 4.79 Å². The van der Waals surface area contributed by atoms with E-state index in [1.165, 1.54) is 24.3 Å². The van der Waals surface area contributed by atoms with Gasteiger partial charge in [-0.1, -0.05) is 18.2 Å². The number of H-pyrrole nitrogens is 1. The summed E-state index contributed by atoms with van der Waals surface area (Å²) in [5.74, 6) is 0.334. The molecule has 0 atom stereocenters. The van der Waals surface area contributed by atoms with Crippen LogP contribution in [0.2, 0.25) is 0 Å². The molecule has 0 radical (unpaired) electrons. The first-order chi connectivity index (χ1) is 14.0. The van der Waals surface area contributed by atoms with Gasteiger partial charge < -0.3 is 14.6 Å². The number of carbonyl (C=O) groups is 1. The average molecular weight is 393 g/mol. The minimum absolute atomic E-state index is 0.0637. The summed E-state index contributed by atoms with van der Waals surface area (Å²) in [6.45, 7) is 0.950. The maximum absolute atomic E-state index is 12.5. The van der Waals surface area contributed by atoms with E-state index < -0.39 is 11.0 Å². The van der Waals surface area contributed by atoms with Gasteiger partial charge in [0.2, 0.25) is 0 Å². The Bertz CT molecular complexity index is 1120. The number of benzene rings is 2. The molecule has 0 bridgehead atoms. The monoisotopic (exact) mass is 393 g/mol. The van der Waals surface area contributed by atoms with Crippen LogP contribution >= 0.6 is 0 Å². The first-order valence-electron chi connectivity index (χ1n) is 9.34. The summed E-state index contributed by atoms with van der Waals surface area (Å²) < 4.78 is 5.31. The minimum atomic E-state index is -0.509. The Morgan fingerprint density at radius 1 is 1.10 bits per heavy atom. The average Bonchev–Trinajstić information content (AvgIpc) is 2.74. The molecule has 3 aromatic rings. The summed E-state index contributed by atoms with van der Waals surface area (Å²) >= 11 is 0. The number of aromatic amines is 1. The molecule has 0 aliphatic carbocycles. The first kappa shape index (κ1) is 18.7. The van der Waals surface area contributed by atoms with Crippen LogP contribution in [-0.4, -0.2) is 34.0 Å². The van der Waals surface area contributed by atoms with Crippen molar-refractivity contribution in [1.29, 1.82) is 0 Å². The number of nitro benzene ring substituents is 1. The van der Waals surface area contributed by atoms with Gasteiger partial charge in [-0.15, -0.1) is 0 Å². The normalized spacial score (nSPS) is 14.7. The van der Waals surface area contributed by atoms with Crippen molar-refractivity contribution < 1.29 is 14.5 Å². The summed E-state index contributed by atoms with van der Waals surface area (Å²) in [7, 11) is 0. The lowest BCUT2D eigenvalue weighted by atomic mass is 9.89. The predicted molar refractivity (Wildman–Crippen MR) is 107 cm³/mol. The summed E-state index contributed by atoms with van der Waals surface area (Å²) in [5.41, 5.74) is 1.40. The van der Waals surface area contributed by atoms with Crippen LogP contribution in [0.4, 0.5) is 10.5 Å². The Morgan fingerprint density at radius 3 is 2.48 bits per heavy atom.